The highest BCUT2D eigenvalue weighted by molar-refractivity contribution is 7.52. The fourth-order valence-corrected chi connectivity index (χ4v) is 5.02. The number of nitrogens with one attached hydrogen (secondary N) is 1. The number of nitrogens with zero attached hydrogens (tertiary/aromatic N) is 4. The second kappa shape index (κ2) is 9.80. The van der Waals surface area contributed by atoms with Gasteiger partial charge in [-0.15, -0.1) is 0 Å². The van der Waals surface area contributed by atoms with Crippen LogP contribution in [-0.2, 0) is 13.8 Å². The van der Waals surface area contributed by atoms with Crippen LogP contribution in [0.25, 0.3) is 11.2 Å². The van der Waals surface area contributed by atoms with Crippen molar-refractivity contribution in [3.8, 4) is 11.6 Å². The molecule has 0 spiro atoms. The van der Waals surface area contributed by atoms with Crippen LogP contribution >= 0.6 is 7.75 Å². The lowest BCUT2D eigenvalue weighted by Crippen LogP contribution is -2.30. The first kappa shape index (κ1) is 24.3. The van der Waals surface area contributed by atoms with Gasteiger partial charge in [0.25, 0.3) is 0 Å². The molecule has 5 atom stereocenters. The summed E-state index contributed by atoms with van der Waals surface area (Å²) in [6.07, 6.45) is -0.949. The van der Waals surface area contributed by atoms with Gasteiger partial charge in [0.05, 0.1) is 26.1 Å². The van der Waals surface area contributed by atoms with E-state index >= 15 is 0 Å². The summed E-state index contributed by atoms with van der Waals surface area (Å²) < 4.78 is 50.3. The summed E-state index contributed by atoms with van der Waals surface area (Å²) in [7, 11) is -2.38. The molecule has 1 aliphatic rings. The molecule has 0 aliphatic carbocycles. The average Bonchev–Trinajstić information content (AvgIpc) is 3.34. The van der Waals surface area contributed by atoms with Crippen molar-refractivity contribution >= 4 is 24.9 Å². The number of benzene rings is 1. The summed E-state index contributed by atoms with van der Waals surface area (Å²) in [5.41, 5.74) is 6.56. The smallest absolute Gasteiger partial charge is 0.458 e. The van der Waals surface area contributed by atoms with E-state index in [2.05, 4.69) is 20.0 Å². The fraction of sp³-hybridized carbons (Fsp3) is 0.450. The molecule has 5 unspecified atom stereocenters. The molecule has 1 aliphatic heterocycles. The Labute approximate surface area is 194 Å². The molecule has 4 rings (SSSR count). The molecule has 3 heterocycles. The Balaban J connectivity index is 1.50. The highest BCUT2D eigenvalue weighted by atomic mass is 31.2. The van der Waals surface area contributed by atoms with Crippen molar-refractivity contribution in [2.75, 3.05) is 26.0 Å². The van der Waals surface area contributed by atoms with Gasteiger partial charge in [0.15, 0.2) is 11.2 Å². The second-order valence-electron chi connectivity index (χ2n) is 7.68. The third-order valence-electron chi connectivity index (χ3n) is 5.36. The molecule has 0 saturated carbocycles. The fourth-order valence-electron chi connectivity index (χ4n) is 3.69. The summed E-state index contributed by atoms with van der Waals surface area (Å²) in [4.78, 5) is 12.5. The number of nitrogen functional groups attached to an aromatic ring is 1. The third-order valence-corrected chi connectivity index (χ3v) is 7.00. The van der Waals surface area contributed by atoms with Gasteiger partial charge >= 0.3 is 7.75 Å². The number of hydrogen-bond donors (Lipinski definition) is 3. The van der Waals surface area contributed by atoms with Crippen LogP contribution in [0.1, 0.15) is 20.1 Å². The number of halogens is 1. The predicted octanol–water partition coefficient (Wildman–Crippen LogP) is 2.26. The summed E-state index contributed by atoms with van der Waals surface area (Å²) in [5.74, 6) is -0.463. The van der Waals surface area contributed by atoms with E-state index in [-0.39, 0.29) is 30.7 Å². The topological polar surface area (TPSA) is 156 Å². The van der Waals surface area contributed by atoms with E-state index in [0.717, 1.165) is 0 Å². The van der Waals surface area contributed by atoms with E-state index in [0.29, 0.717) is 11.2 Å². The Morgan fingerprint density at radius 1 is 1.32 bits per heavy atom. The van der Waals surface area contributed by atoms with Gasteiger partial charge in [0.2, 0.25) is 11.8 Å². The summed E-state index contributed by atoms with van der Waals surface area (Å²) in [5, 5.41) is 13.5. The molecule has 1 fully saturated rings. The number of aromatic nitrogens is 4. The molecule has 0 amide bonds. The lowest BCUT2D eigenvalue weighted by Gasteiger charge is -2.22. The van der Waals surface area contributed by atoms with Crippen molar-refractivity contribution < 1.29 is 32.6 Å². The van der Waals surface area contributed by atoms with Crippen molar-refractivity contribution in [3.63, 3.8) is 0 Å². The van der Waals surface area contributed by atoms with Gasteiger partial charge in [-0.1, -0.05) is 13.8 Å². The van der Waals surface area contributed by atoms with Gasteiger partial charge in [-0.05, 0) is 24.3 Å². The monoisotopic (exact) mass is 496 g/mol. The molecule has 34 heavy (non-hydrogen) atoms. The molecule has 0 radical (unpaired) electrons. The average molecular weight is 496 g/mol. The molecular weight excluding hydrogens is 470 g/mol. The molecule has 14 heteroatoms. The Kier molecular flexibility index (Phi) is 7.01. The van der Waals surface area contributed by atoms with Gasteiger partial charge in [-0.3, -0.25) is 9.09 Å². The summed E-state index contributed by atoms with van der Waals surface area (Å²) in [6.45, 7) is 3.58. The van der Waals surface area contributed by atoms with Crippen LogP contribution in [0.2, 0.25) is 0 Å². The second-order valence-corrected chi connectivity index (χ2v) is 9.43. The van der Waals surface area contributed by atoms with Crippen LogP contribution in [0.5, 0.6) is 11.6 Å². The molecule has 12 nitrogen and oxygen atoms in total. The van der Waals surface area contributed by atoms with Gasteiger partial charge < -0.3 is 24.8 Å². The van der Waals surface area contributed by atoms with E-state index in [1.165, 1.54) is 37.7 Å². The first-order valence-corrected chi connectivity index (χ1v) is 12.1. The van der Waals surface area contributed by atoms with Gasteiger partial charge in [0.1, 0.15) is 23.9 Å². The molecule has 1 saturated heterocycles. The minimum Gasteiger partial charge on any atom is -0.479 e. The number of methoxy groups -OCH3 is 1. The maximum atomic E-state index is 13.2. The van der Waals surface area contributed by atoms with E-state index in [1.54, 1.807) is 18.4 Å². The van der Waals surface area contributed by atoms with Crippen LogP contribution in [-0.4, -0.2) is 57.1 Å². The first-order valence-electron chi connectivity index (χ1n) is 10.6. The van der Waals surface area contributed by atoms with E-state index in [9.17, 15) is 14.1 Å². The lowest BCUT2D eigenvalue weighted by atomic mass is 10.0. The summed E-state index contributed by atoms with van der Waals surface area (Å²) >= 11 is 0. The normalized spacial score (nSPS) is 24.3. The highest BCUT2D eigenvalue weighted by Gasteiger charge is 2.44. The molecule has 1 aromatic carbocycles. The minimum atomic E-state index is -3.83. The molecule has 4 N–H and O–H groups in total. The standard InChI is InChI=1S/C20H26FN6O6P/c1-4-24-34(29,33-13-7-5-12(21)6-8-13)31-9-14-16(28)11(2)19(32-14)27-10-23-15-17(27)25-20(22)26-18(15)30-3/h5-8,10-11,14,16,19,28H,4,9H2,1-3H3,(H,24,29)(H2,22,25,26). The molecular formula is C20H26FN6O6P. The number of imidazole rings is 1. The van der Waals surface area contributed by atoms with Crippen molar-refractivity contribution in [2.45, 2.75) is 32.3 Å². The Bertz CT molecular complexity index is 1190. The quantitative estimate of drug-likeness (QED) is 0.374. The van der Waals surface area contributed by atoms with Crippen LogP contribution in [0.4, 0.5) is 10.3 Å². The van der Waals surface area contributed by atoms with Crippen molar-refractivity contribution in [1.82, 2.24) is 24.6 Å². The Morgan fingerprint density at radius 2 is 2.06 bits per heavy atom. The van der Waals surface area contributed by atoms with Crippen molar-refractivity contribution in [2.24, 2.45) is 5.92 Å². The number of nitrogens with two attached hydrogens (primary N) is 1. The van der Waals surface area contributed by atoms with Crippen LogP contribution in [0.3, 0.4) is 0 Å². The maximum absolute atomic E-state index is 13.2. The maximum Gasteiger partial charge on any atom is 0.458 e. The predicted molar refractivity (Wildman–Crippen MR) is 120 cm³/mol. The van der Waals surface area contributed by atoms with Crippen molar-refractivity contribution in [3.05, 3.63) is 36.4 Å². The van der Waals surface area contributed by atoms with Crippen LogP contribution < -0.4 is 20.1 Å². The molecule has 2 aromatic heterocycles. The van der Waals surface area contributed by atoms with E-state index < -0.39 is 37.9 Å². The van der Waals surface area contributed by atoms with E-state index in [4.69, 9.17) is 24.3 Å². The van der Waals surface area contributed by atoms with Gasteiger partial charge in [-0.2, -0.15) is 9.97 Å². The molecule has 3 aromatic rings. The van der Waals surface area contributed by atoms with Crippen LogP contribution in [0.15, 0.2) is 30.6 Å². The highest BCUT2D eigenvalue weighted by Crippen LogP contribution is 2.46. The number of anilines is 1. The number of rotatable bonds is 9. The largest absolute Gasteiger partial charge is 0.479 e. The van der Waals surface area contributed by atoms with Gasteiger partial charge in [0, 0.05) is 12.5 Å². The number of fused-ring (bicyclic) bond motifs is 1. The Hall–Kier alpha value is -2.83. The number of ether oxygens (including phenoxy) is 2. The van der Waals surface area contributed by atoms with Crippen LogP contribution in [0, 0.1) is 11.7 Å². The Morgan fingerprint density at radius 3 is 2.74 bits per heavy atom. The third kappa shape index (κ3) is 4.84. The number of aliphatic hydroxyl groups is 1. The lowest BCUT2D eigenvalue weighted by molar-refractivity contribution is -0.0413. The molecule has 184 valence electrons. The zero-order valence-electron chi connectivity index (χ0n) is 18.8. The SMILES string of the molecule is CCNP(=O)(OCC1OC(n2cnc3c(OC)nc(N)nc32)C(C)C1O)Oc1ccc(F)cc1. The van der Waals surface area contributed by atoms with E-state index in [1.807, 2.05) is 0 Å². The van der Waals surface area contributed by atoms with Crippen molar-refractivity contribution in [1.29, 1.82) is 0 Å². The zero-order valence-corrected chi connectivity index (χ0v) is 19.7. The zero-order chi connectivity index (χ0) is 24.5. The number of hydrogen-bond acceptors (Lipinski definition) is 10. The summed E-state index contributed by atoms with van der Waals surface area (Å²) in [6, 6.07) is 5.05. The number of aliphatic hydroxyl groups excluding tert-OH is 1. The first-order chi connectivity index (χ1) is 16.2. The molecule has 0 bridgehead atoms. The van der Waals surface area contributed by atoms with Gasteiger partial charge in [-0.25, -0.2) is 19.0 Å². The minimum absolute atomic E-state index is 0.00158.